The molecule has 1 amide bonds. The molecule has 1 heterocycles. The monoisotopic (exact) mass is 423 g/mol. The number of fused-ring (bicyclic) bond motifs is 2. The lowest BCUT2D eigenvalue weighted by atomic mass is 9.90. The standard InChI is InChI=1S/C24H29N3O2S/c1-26(2)13-6-14-27(24-25-21-16-20(29-3)11-12-22(21)30-24)23(28)19-10-9-17-7-4-5-8-18(17)15-19/h9-12,15-16H,4-8,13-14H2,1-3H3. The minimum Gasteiger partial charge on any atom is -0.497 e. The van der Waals surface area contributed by atoms with Crippen molar-refractivity contribution < 1.29 is 9.53 Å². The smallest absolute Gasteiger partial charge is 0.260 e. The van der Waals surface area contributed by atoms with Gasteiger partial charge in [0.25, 0.3) is 5.91 Å². The van der Waals surface area contributed by atoms with Crippen molar-refractivity contribution >= 4 is 32.6 Å². The number of nitrogens with zero attached hydrogens (tertiary/aromatic N) is 3. The summed E-state index contributed by atoms with van der Waals surface area (Å²) >= 11 is 1.56. The van der Waals surface area contributed by atoms with Crippen LogP contribution < -0.4 is 9.64 Å². The molecule has 4 rings (SSSR count). The number of hydrogen-bond acceptors (Lipinski definition) is 5. The maximum absolute atomic E-state index is 13.6. The van der Waals surface area contributed by atoms with Crippen LogP contribution in [0.4, 0.5) is 5.13 Å². The molecule has 0 atom stereocenters. The number of ether oxygens (including phenoxy) is 1. The molecule has 1 aliphatic carbocycles. The van der Waals surface area contributed by atoms with Gasteiger partial charge < -0.3 is 9.64 Å². The third kappa shape index (κ3) is 4.50. The first-order valence-corrected chi connectivity index (χ1v) is 11.4. The molecule has 0 spiro atoms. The number of anilines is 1. The van der Waals surface area contributed by atoms with Gasteiger partial charge in [0.1, 0.15) is 5.75 Å². The molecule has 0 radical (unpaired) electrons. The maximum Gasteiger partial charge on any atom is 0.260 e. The van der Waals surface area contributed by atoms with E-state index in [1.807, 2.05) is 29.2 Å². The third-order valence-corrected chi connectivity index (χ3v) is 6.70. The quantitative estimate of drug-likeness (QED) is 0.549. The second-order valence-electron chi connectivity index (χ2n) is 8.13. The first-order valence-electron chi connectivity index (χ1n) is 10.6. The lowest BCUT2D eigenvalue weighted by molar-refractivity contribution is 0.0986. The first-order chi connectivity index (χ1) is 14.5. The number of carbonyl (C=O) groups excluding carboxylic acids is 1. The molecule has 0 saturated heterocycles. The van der Waals surface area contributed by atoms with Gasteiger partial charge >= 0.3 is 0 Å². The van der Waals surface area contributed by atoms with Crippen LogP contribution in [0.3, 0.4) is 0 Å². The van der Waals surface area contributed by atoms with Crippen LogP contribution in [-0.2, 0) is 12.8 Å². The number of thiazole rings is 1. The molecule has 1 aromatic heterocycles. The van der Waals surface area contributed by atoms with E-state index in [1.165, 1.54) is 24.0 Å². The van der Waals surface area contributed by atoms with E-state index in [0.717, 1.165) is 52.5 Å². The van der Waals surface area contributed by atoms with E-state index in [2.05, 4.69) is 31.1 Å². The highest BCUT2D eigenvalue weighted by molar-refractivity contribution is 7.22. The van der Waals surface area contributed by atoms with Gasteiger partial charge in [-0.2, -0.15) is 0 Å². The molecular formula is C24H29N3O2S. The maximum atomic E-state index is 13.6. The van der Waals surface area contributed by atoms with Gasteiger partial charge in [-0.05, 0) is 88.1 Å². The normalized spacial score (nSPS) is 13.5. The molecule has 0 fully saturated rings. The summed E-state index contributed by atoms with van der Waals surface area (Å²) in [5.74, 6) is 0.813. The summed E-state index contributed by atoms with van der Waals surface area (Å²) in [6, 6.07) is 12.1. The summed E-state index contributed by atoms with van der Waals surface area (Å²) in [5, 5.41) is 0.750. The van der Waals surface area contributed by atoms with Gasteiger partial charge in [0.05, 0.1) is 17.3 Å². The first kappa shape index (κ1) is 20.8. The van der Waals surface area contributed by atoms with Gasteiger partial charge in [-0.3, -0.25) is 9.69 Å². The zero-order chi connectivity index (χ0) is 21.1. The van der Waals surface area contributed by atoms with E-state index < -0.39 is 0 Å². The van der Waals surface area contributed by atoms with E-state index in [0.29, 0.717) is 6.54 Å². The SMILES string of the molecule is COc1ccc2sc(N(CCCN(C)C)C(=O)c3ccc4c(c3)CCCC4)nc2c1. The lowest BCUT2D eigenvalue weighted by Crippen LogP contribution is -2.33. The number of methoxy groups -OCH3 is 1. The molecule has 0 unspecified atom stereocenters. The Labute approximate surface area is 182 Å². The molecule has 0 bridgehead atoms. The fraction of sp³-hybridized carbons (Fsp3) is 0.417. The Balaban J connectivity index is 1.66. The van der Waals surface area contributed by atoms with Crippen LogP contribution in [0.5, 0.6) is 5.75 Å². The number of rotatable bonds is 7. The van der Waals surface area contributed by atoms with Gasteiger partial charge in [0.15, 0.2) is 5.13 Å². The number of aryl methyl sites for hydroxylation is 2. The number of amides is 1. The van der Waals surface area contributed by atoms with Crippen molar-refractivity contribution in [3.63, 3.8) is 0 Å². The van der Waals surface area contributed by atoms with Crippen LogP contribution in [0.2, 0.25) is 0 Å². The van der Waals surface area contributed by atoms with Gasteiger partial charge in [-0.25, -0.2) is 4.98 Å². The largest absolute Gasteiger partial charge is 0.497 e. The Bertz CT molecular complexity index is 1040. The predicted molar refractivity (Wildman–Crippen MR) is 124 cm³/mol. The Kier molecular flexibility index (Phi) is 6.35. The van der Waals surface area contributed by atoms with Crippen molar-refractivity contribution in [1.82, 2.24) is 9.88 Å². The fourth-order valence-electron chi connectivity index (χ4n) is 3.99. The van der Waals surface area contributed by atoms with Crippen molar-refractivity contribution in [3.8, 4) is 5.75 Å². The van der Waals surface area contributed by atoms with Crippen molar-refractivity contribution in [2.75, 3.05) is 39.2 Å². The van der Waals surface area contributed by atoms with Crippen molar-refractivity contribution in [2.24, 2.45) is 0 Å². The highest BCUT2D eigenvalue weighted by Gasteiger charge is 2.22. The minimum atomic E-state index is 0.0353. The predicted octanol–water partition coefficient (Wildman–Crippen LogP) is 4.78. The summed E-state index contributed by atoms with van der Waals surface area (Å²) in [6.45, 7) is 1.57. The number of benzene rings is 2. The molecule has 0 saturated carbocycles. The Hall–Kier alpha value is -2.44. The van der Waals surface area contributed by atoms with Crippen LogP contribution in [0.1, 0.15) is 40.7 Å². The summed E-state index contributed by atoms with van der Waals surface area (Å²) in [4.78, 5) is 22.3. The number of hydrogen-bond donors (Lipinski definition) is 0. The molecule has 6 heteroatoms. The Morgan fingerprint density at radius 3 is 2.63 bits per heavy atom. The number of carbonyl (C=O) groups is 1. The summed E-state index contributed by atoms with van der Waals surface area (Å²) in [7, 11) is 5.76. The Morgan fingerprint density at radius 2 is 1.87 bits per heavy atom. The molecule has 30 heavy (non-hydrogen) atoms. The average molecular weight is 424 g/mol. The molecule has 3 aromatic rings. The van der Waals surface area contributed by atoms with E-state index in [4.69, 9.17) is 9.72 Å². The Morgan fingerprint density at radius 1 is 1.07 bits per heavy atom. The third-order valence-electron chi connectivity index (χ3n) is 5.64. The topological polar surface area (TPSA) is 45.7 Å². The molecule has 0 aliphatic heterocycles. The van der Waals surface area contributed by atoms with Gasteiger partial charge in [0, 0.05) is 18.2 Å². The van der Waals surface area contributed by atoms with Crippen LogP contribution in [0.25, 0.3) is 10.2 Å². The zero-order valence-electron chi connectivity index (χ0n) is 18.0. The van der Waals surface area contributed by atoms with E-state index in [-0.39, 0.29) is 5.91 Å². The second kappa shape index (κ2) is 9.14. The van der Waals surface area contributed by atoms with Crippen molar-refractivity contribution in [1.29, 1.82) is 0 Å². The zero-order valence-corrected chi connectivity index (χ0v) is 18.8. The average Bonchev–Trinajstić information content (AvgIpc) is 3.18. The molecule has 1 aliphatic rings. The van der Waals surface area contributed by atoms with Crippen LogP contribution in [0, 0.1) is 0 Å². The lowest BCUT2D eigenvalue weighted by Gasteiger charge is -2.22. The summed E-state index contributed by atoms with van der Waals surface area (Å²) < 4.78 is 6.39. The van der Waals surface area contributed by atoms with Gasteiger partial charge in [-0.1, -0.05) is 17.4 Å². The molecule has 158 valence electrons. The highest BCUT2D eigenvalue weighted by atomic mass is 32.1. The van der Waals surface area contributed by atoms with Crippen molar-refractivity contribution in [2.45, 2.75) is 32.1 Å². The van der Waals surface area contributed by atoms with Gasteiger partial charge in [0.2, 0.25) is 0 Å². The number of aromatic nitrogens is 1. The van der Waals surface area contributed by atoms with Crippen LogP contribution in [-0.4, -0.2) is 50.1 Å². The molecule has 5 nitrogen and oxygen atoms in total. The second-order valence-corrected chi connectivity index (χ2v) is 9.14. The fourth-order valence-corrected chi connectivity index (χ4v) is 4.96. The van der Waals surface area contributed by atoms with Gasteiger partial charge in [-0.15, -0.1) is 0 Å². The van der Waals surface area contributed by atoms with E-state index in [9.17, 15) is 4.79 Å². The van der Waals surface area contributed by atoms with Crippen LogP contribution in [0.15, 0.2) is 36.4 Å². The highest BCUT2D eigenvalue weighted by Crippen LogP contribution is 2.32. The molecule has 0 N–H and O–H groups in total. The van der Waals surface area contributed by atoms with Crippen LogP contribution >= 0.6 is 11.3 Å². The minimum absolute atomic E-state index is 0.0353. The van der Waals surface area contributed by atoms with E-state index in [1.54, 1.807) is 18.4 Å². The molecule has 2 aromatic carbocycles. The molecular weight excluding hydrogens is 394 g/mol. The van der Waals surface area contributed by atoms with E-state index >= 15 is 0 Å². The summed E-state index contributed by atoms with van der Waals surface area (Å²) in [5.41, 5.74) is 4.35. The summed E-state index contributed by atoms with van der Waals surface area (Å²) in [6.07, 6.45) is 5.53. The van der Waals surface area contributed by atoms with Crippen molar-refractivity contribution in [3.05, 3.63) is 53.1 Å².